The zero-order valence-electron chi connectivity index (χ0n) is 19.0. The number of rotatable bonds is 12. The molecule has 0 saturated carbocycles. The van der Waals surface area contributed by atoms with Gasteiger partial charge in [-0.05, 0) is 61.3 Å². The van der Waals surface area contributed by atoms with Crippen LogP contribution in [0.5, 0.6) is 11.5 Å². The van der Waals surface area contributed by atoms with Gasteiger partial charge >= 0.3 is 5.97 Å². The highest BCUT2D eigenvalue weighted by atomic mass is 32.2. The summed E-state index contributed by atoms with van der Waals surface area (Å²) in [6.45, 7) is 4.72. The summed E-state index contributed by atoms with van der Waals surface area (Å²) in [5.74, 6) is -0.951. The van der Waals surface area contributed by atoms with E-state index in [1.54, 1.807) is 12.2 Å². The van der Waals surface area contributed by atoms with Gasteiger partial charge in [-0.15, -0.1) is 0 Å². The Balaban J connectivity index is 0.000000235. The number of aromatic hydroxyl groups is 1. The van der Waals surface area contributed by atoms with Crippen LogP contribution in [-0.4, -0.2) is 31.2 Å². The summed E-state index contributed by atoms with van der Waals surface area (Å²) >= 11 is 0. The first-order valence-electron chi connectivity index (χ1n) is 11.4. The molecule has 0 amide bonds. The van der Waals surface area contributed by atoms with Gasteiger partial charge in [-0.1, -0.05) is 52.4 Å². The molecule has 0 saturated heterocycles. The van der Waals surface area contributed by atoms with Gasteiger partial charge in [0.1, 0.15) is 17.1 Å². The molecular formula is C25H34O6S. The minimum Gasteiger partial charge on any atom is -0.507 e. The Morgan fingerprint density at radius 1 is 0.969 bits per heavy atom. The number of fused-ring (bicyclic) bond motifs is 2. The van der Waals surface area contributed by atoms with Crippen LogP contribution in [0.2, 0.25) is 0 Å². The largest absolute Gasteiger partial charge is 0.507 e. The molecule has 1 aromatic rings. The fraction of sp³-hybridized carbons (Fsp3) is 0.480. The van der Waals surface area contributed by atoms with E-state index in [1.165, 1.54) is 56.7 Å². The molecule has 0 aliphatic carbocycles. The maximum Gasteiger partial charge on any atom is 0.339 e. The van der Waals surface area contributed by atoms with Crippen LogP contribution in [0, 0.1) is 0 Å². The van der Waals surface area contributed by atoms with Crippen molar-refractivity contribution in [3.05, 3.63) is 57.4 Å². The Morgan fingerprint density at radius 2 is 1.66 bits per heavy atom. The molecule has 176 valence electrons. The van der Waals surface area contributed by atoms with E-state index in [1.807, 2.05) is 13.0 Å². The van der Waals surface area contributed by atoms with Gasteiger partial charge in [-0.2, -0.15) is 0 Å². The highest BCUT2D eigenvalue weighted by molar-refractivity contribution is 8.00. The molecule has 2 bridgehead atoms. The van der Waals surface area contributed by atoms with Crippen molar-refractivity contribution in [2.24, 2.45) is 0 Å². The van der Waals surface area contributed by atoms with E-state index in [9.17, 15) is 18.3 Å². The fourth-order valence-corrected chi connectivity index (χ4v) is 5.13. The molecule has 3 rings (SSSR count). The van der Waals surface area contributed by atoms with E-state index < -0.39 is 15.8 Å². The molecular weight excluding hydrogens is 428 g/mol. The molecule has 0 spiro atoms. The SMILES string of the molecule is CCCCCCCCCC1=C2C=CC(=C1)S2(=O)=O.CCCOc1ccc(O)c(C(=O)O)c1. The summed E-state index contributed by atoms with van der Waals surface area (Å²) in [5, 5.41) is 17.9. The third kappa shape index (κ3) is 6.99. The van der Waals surface area contributed by atoms with Crippen LogP contribution < -0.4 is 4.74 Å². The molecule has 2 aliphatic rings. The van der Waals surface area contributed by atoms with Gasteiger partial charge in [0, 0.05) is 0 Å². The average Bonchev–Trinajstić information content (AvgIpc) is 3.19. The Hall–Kier alpha value is -2.54. The minimum atomic E-state index is -3.07. The zero-order chi connectivity index (χ0) is 23.6. The Kier molecular flexibility index (Phi) is 10.0. The second-order valence-corrected chi connectivity index (χ2v) is 9.89. The van der Waals surface area contributed by atoms with Crippen molar-refractivity contribution in [1.82, 2.24) is 0 Å². The van der Waals surface area contributed by atoms with Crippen molar-refractivity contribution in [1.29, 1.82) is 0 Å². The summed E-state index contributed by atoms with van der Waals surface area (Å²) in [7, 11) is -3.07. The summed E-state index contributed by atoms with van der Waals surface area (Å²) in [5.41, 5.74) is 0.889. The lowest BCUT2D eigenvalue weighted by molar-refractivity contribution is 0.0693. The standard InChI is InChI=1S/C15H22O2S.C10H12O4/c1-2-3-4-5-6-7-8-9-13-12-14-10-11-15(13)18(14,16)17;1-2-5-14-7-3-4-9(11)8(6-7)10(12)13/h10-12H,2-9H2,1H3;3-4,6,11H,2,5H2,1H3,(H,12,13). The molecule has 2 aliphatic heterocycles. The number of ether oxygens (including phenoxy) is 1. The molecule has 0 aromatic heterocycles. The molecule has 7 heteroatoms. The molecule has 0 radical (unpaired) electrons. The van der Waals surface area contributed by atoms with Gasteiger partial charge in [-0.25, -0.2) is 13.2 Å². The number of unbranched alkanes of at least 4 members (excludes halogenated alkanes) is 6. The van der Waals surface area contributed by atoms with Gasteiger partial charge in [0.25, 0.3) is 0 Å². The van der Waals surface area contributed by atoms with Crippen molar-refractivity contribution in [3.63, 3.8) is 0 Å². The maximum atomic E-state index is 11.8. The van der Waals surface area contributed by atoms with Crippen molar-refractivity contribution in [2.75, 3.05) is 6.61 Å². The molecule has 2 heterocycles. The molecule has 2 N–H and O–H groups in total. The maximum absolute atomic E-state index is 11.8. The predicted octanol–water partition coefficient (Wildman–Crippen LogP) is 6.14. The summed E-state index contributed by atoms with van der Waals surface area (Å²) < 4.78 is 28.8. The van der Waals surface area contributed by atoms with Crippen molar-refractivity contribution >= 4 is 15.8 Å². The van der Waals surface area contributed by atoms with E-state index >= 15 is 0 Å². The van der Waals surface area contributed by atoms with E-state index in [4.69, 9.17) is 9.84 Å². The topological polar surface area (TPSA) is 101 Å². The number of hydrogen-bond donors (Lipinski definition) is 2. The molecule has 0 fully saturated rings. The normalized spacial score (nSPS) is 15.4. The summed E-state index contributed by atoms with van der Waals surface area (Å²) in [6.07, 6.45) is 16.0. The first-order valence-corrected chi connectivity index (χ1v) is 12.9. The lowest BCUT2D eigenvalue weighted by atomic mass is 10.0. The van der Waals surface area contributed by atoms with Gasteiger partial charge in [0.15, 0.2) is 0 Å². The number of hydrogen-bond acceptors (Lipinski definition) is 5. The van der Waals surface area contributed by atoms with Gasteiger partial charge in [-0.3, -0.25) is 0 Å². The molecule has 0 atom stereocenters. The number of sulfone groups is 1. The van der Waals surface area contributed by atoms with Gasteiger partial charge in [0.05, 0.1) is 16.4 Å². The van der Waals surface area contributed by atoms with Crippen LogP contribution in [0.4, 0.5) is 0 Å². The first-order chi connectivity index (χ1) is 15.3. The van der Waals surface area contributed by atoms with E-state index in [0.717, 1.165) is 24.8 Å². The number of carboxylic acids is 1. The highest BCUT2D eigenvalue weighted by Gasteiger charge is 2.33. The molecule has 0 unspecified atom stereocenters. The summed E-state index contributed by atoms with van der Waals surface area (Å²) in [4.78, 5) is 11.7. The summed E-state index contributed by atoms with van der Waals surface area (Å²) in [6, 6.07) is 4.17. The van der Waals surface area contributed by atoms with Gasteiger partial charge in [0.2, 0.25) is 9.84 Å². The number of phenols is 1. The first kappa shape index (κ1) is 25.7. The number of carbonyl (C=O) groups is 1. The minimum absolute atomic E-state index is 0.140. The number of allylic oxidation sites excluding steroid dienone is 4. The van der Waals surface area contributed by atoms with E-state index in [-0.39, 0.29) is 11.3 Å². The van der Waals surface area contributed by atoms with Crippen LogP contribution in [0.3, 0.4) is 0 Å². The van der Waals surface area contributed by atoms with Crippen molar-refractivity contribution in [3.8, 4) is 11.5 Å². The number of aromatic carboxylic acids is 1. The predicted molar refractivity (Wildman–Crippen MR) is 127 cm³/mol. The molecule has 6 nitrogen and oxygen atoms in total. The highest BCUT2D eigenvalue weighted by Crippen LogP contribution is 2.39. The molecule has 1 aromatic carbocycles. The average molecular weight is 463 g/mol. The van der Waals surface area contributed by atoms with Crippen LogP contribution in [-0.2, 0) is 9.84 Å². The van der Waals surface area contributed by atoms with Crippen LogP contribution in [0.1, 0.15) is 82.0 Å². The molecule has 32 heavy (non-hydrogen) atoms. The quantitative estimate of drug-likeness (QED) is 0.362. The fourth-order valence-electron chi connectivity index (χ4n) is 3.58. The van der Waals surface area contributed by atoms with Crippen molar-refractivity contribution in [2.45, 2.75) is 71.6 Å². The number of benzene rings is 1. The monoisotopic (exact) mass is 462 g/mol. The number of carboxylic acid groups (broad SMARTS) is 1. The Bertz CT molecular complexity index is 986. The Morgan fingerprint density at radius 3 is 2.22 bits per heavy atom. The van der Waals surface area contributed by atoms with Crippen LogP contribution >= 0.6 is 0 Å². The third-order valence-electron chi connectivity index (χ3n) is 5.35. The van der Waals surface area contributed by atoms with Crippen molar-refractivity contribution < 1.29 is 28.2 Å². The second-order valence-electron chi connectivity index (χ2n) is 7.98. The lowest BCUT2D eigenvalue weighted by Gasteiger charge is -2.06. The van der Waals surface area contributed by atoms with Crippen LogP contribution in [0.25, 0.3) is 0 Å². The van der Waals surface area contributed by atoms with E-state index in [2.05, 4.69) is 6.92 Å². The Labute approximate surface area is 191 Å². The lowest BCUT2D eigenvalue weighted by Crippen LogP contribution is -1.99. The van der Waals surface area contributed by atoms with Crippen LogP contribution in [0.15, 0.2) is 51.8 Å². The zero-order valence-corrected chi connectivity index (χ0v) is 19.8. The smallest absolute Gasteiger partial charge is 0.339 e. The van der Waals surface area contributed by atoms with Gasteiger partial charge < -0.3 is 14.9 Å². The van der Waals surface area contributed by atoms with E-state index in [0.29, 0.717) is 22.2 Å². The third-order valence-corrected chi connectivity index (χ3v) is 7.20. The second kappa shape index (κ2) is 12.5.